The number of nitro benzene ring substituents is 1. The number of amides is 1. The minimum absolute atomic E-state index is 0.0834. The summed E-state index contributed by atoms with van der Waals surface area (Å²) in [4.78, 5) is 22.0. The van der Waals surface area contributed by atoms with Crippen molar-refractivity contribution in [3.63, 3.8) is 0 Å². The topological polar surface area (TPSA) is 103 Å². The molecule has 0 atom stereocenters. The number of benzene rings is 2. The zero-order valence-electron chi connectivity index (χ0n) is 13.4. The molecular formula is C16H14IN3O5. The van der Waals surface area contributed by atoms with Crippen molar-refractivity contribution in [1.82, 2.24) is 5.43 Å². The van der Waals surface area contributed by atoms with Gasteiger partial charge in [-0.1, -0.05) is 0 Å². The van der Waals surface area contributed by atoms with Crippen molar-refractivity contribution < 1.29 is 19.2 Å². The van der Waals surface area contributed by atoms with Gasteiger partial charge in [-0.05, 0) is 52.4 Å². The van der Waals surface area contributed by atoms with Gasteiger partial charge in [-0.2, -0.15) is 5.10 Å². The maximum Gasteiger partial charge on any atom is 0.271 e. The van der Waals surface area contributed by atoms with Gasteiger partial charge >= 0.3 is 0 Å². The summed E-state index contributed by atoms with van der Waals surface area (Å²) in [5, 5.41) is 14.5. The molecule has 0 aliphatic rings. The number of ether oxygens (including phenoxy) is 2. The van der Waals surface area contributed by atoms with Gasteiger partial charge in [-0.15, -0.1) is 0 Å². The molecule has 0 aliphatic heterocycles. The fraction of sp³-hybridized carbons (Fsp3) is 0.125. The number of rotatable bonds is 6. The van der Waals surface area contributed by atoms with Crippen LogP contribution in [0.3, 0.4) is 0 Å². The Bertz CT molecular complexity index is 821. The second kappa shape index (κ2) is 8.42. The number of hydrazone groups is 1. The Kier molecular flexibility index (Phi) is 6.28. The lowest BCUT2D eigenvalue weighted by Crippen LogP contribution is -2.17. The molecule has 130 valence electrons. The van der Waals surface area contributed by atoms with Gasteiger partial charge in [0.2, 0.25) is 0 Å². The SMILES string of the molecule is COc1cc(/C=N\NC(=O)c2ccc([N+](=O)[O-])cc2)cc(I)c1OC. The molecular weight excluding hydrogens is 441 g/mol. The van der Waals surface area contributed by atoms with Gasteiger partial charge < -0.3 is 9.47 Å². The zero-order chi connectivity index (χ0) is 18.4. The highest BCUT2D eigenvalue weighted by molar-refractivity contribution is 14.1. The van der Waals surface area contributed by atoms with Crippen molar-refractivity contribution in [3.8, 4) is 11.5 Å². The van der Waals surface area contributed by atoms with Crippen molar-refractivity contribution in [2.45, 2.75) is 0 Å². The highest BCUT2D eigenvalue weighted by atomic mass is 127. The molecule has 0 fully saturated rings. The molecule has 0 heterocycles. The maximum absolute atomic E-state index is 12.0. The Labute approximate surface area is 157 Å². The van der Waals surface area contributed by atoms with E-state index in [1.165, 1.54) is 37.6 Å². The summed E-state index contributed by atoms with van der Waals surface area (Å²) >= 11 is 2.11. The molecule has 0 bridgehead atoms. The summed E-state index contributed by atoms with van der Waals surface area (Å²) in [5.74, 6) is 0.703. The fourth-order valence-corrected chi connectivity index (χ4v) is 2.82. The Morgan fingerprint density at radius 2 is 1.92 bits per heavy atom. The molecule has 0 unspecified atom stereocenters. The zero-order valence-corrected chi connectivity index (χ0v) is 15.5. The van der Waals surface area contributed by atoms with Gasteiger partial charge in [-0.25, -0.2) is 5.43 Å². The number of carbonyl (C=O) groups is 1. The number of hydrogen-bond acceptors (Lipinski definition) is 6. The largest absolute Gasteiger partial charge is 0.493 e. The van der Waals surface area contributed by atoms with E-state index >= 15 is 0 Å². The van der Waals surface area contributed by atoms with E-state index in [0.29, 0.717) is 17.1 Å². The first-order valence-corrected chi connectivity index (χ1v) is 8.03. The number of hydrogen-bond donors (Lipinski definition) is 1. The van der Waals surface area contributed by atoms with E-state index in [4.69, 9.17) is 9.47 Å². The predicted octanol–water partition coefficient (Wildman–Crippen LogP) is 2.98. The summed E-state index contributed by atoms with van der Waals surface area (Å²) in [6.45, 7) is 0. The third kappa shape index (κ3) is 4.66. The van der Waals surface area contributed by atoms with Crippen LogP contribution in [0.25, 0.3) is 0 Å². The second-order valence-corrected chi connectivity index (χ2v) is 5.90. The summed E-state index contributed by atoms with van der Waals surface area (Å²) < 4.78 is 11.3. The fourth-order valence-electron chi connectivity index (χ4n) is 1.98. The number of nitro groups is 1. The molecule has 2 aromatic carbocycles. The molecule has 8 nitrogen and oxygen atoms in total. The van der Waals surface area contributed by atoms with Gasteiger partial charge in [0.25, 0.3) is 11.6 Å². The van der Waals surface area contributed by atoms with Crippen molar-refractivity contribution in [2.75, 3.05) is 14.2 Å². The van der Waals surface area contributed by atoms with Gasteiger partial charge in [0.05, 0.1) is 28.9 Å². The monoisotopic (exact) mass is 455 g/mol. The first-order chi connectivity index (χ1) is 12.0. The average Bonchev–Trinajstić information content (AvgIpc) is 2.61. The van der Waals surface area contributed by atoms with E-state index in [1.807, 2.05) is 6.07 Å². The summed E-state index contributed by atoms with van der Waals surface area (Å²) in [6, 6.07) is 8.79. The van der Waals surface area contributed by atoms with Crippen LogP contribution in [0, 0.1) is 13.7 Å². The van der Waals surface area contributed by atoms with Crippen molar-refractivity contribution in [2.24, 2.45) is 5.10 Å². The Morgan fingerprint density at radius 3 is 2.48 bits per heavy atom. The highest BCUT2D eigenvalue weighted by Gasteiger charge is 2.10. The van der Waals surface area contributed by atoms with Gasteiger partial charge in [0.1, 0.15) is 0 Å². The third-order valence-corrected chi connectivity index (χ3v) is 3.98. The highest BCUT2D eigenvalue weighted by Crippen LogP contribution is 2.32. The minimum Gasteiger partial charge on any atom is -0.493 e. The molecule has 0 saturated carbocycles. The first-order valence-electron chi connectivity index (χ1n) is 6.95. The molecule has 0 spiro atoms. The number of methoxy groups -OCH3 is 2. The van der Waals surface area contributed by atoms with Crippen molar-refractivity contribution >= 4 is 40.4 Å². The average molecular weight is 455 g/mol. The molecule has 0 aromatic heterocycles. The van der Waals surface area contributed by atoms with E-state index < -0.39 is 10.8 Å². The summed E-state index contributed by atoms with van der Waals surface area (Å²) in [6.07, 6.45) is 1.47. The van der Waals surface area contributed by atoms with Gasteiger partial charge in [-0.3, -0.25) is 14.9 Å². The van der Waals surface area contributed by atoms with Crippen LogP contribution in [0.1, 0.15) is 15.9 Å². The van der Waals surface area contributed by atoms with Crippen LogP contribution in [-0.4, -0.2) is 31.3 Å². The molecule has 25 heavy (non-hydrogen) atoms. The molecule has 9 heteroatoms. The normalized spacial score (nSPS) is 10.5. The number of halogens is 1. The summed E-state index contributed by atoms with van der Waals surface area (Å²) in [5.41, 5.74) is 3.27. The molecule has 2 rings (SSSR count). The molecule has 1 amide bonds. The van der Waals surface area contributed by atoms with Crippen molar-refractivity contribution in [3.05, 3.63) is 61.2 Å². The number of nitrogens with one attached hydrogen (secondary N) is 1. The number of carbonyl (C=O) groups excluding carboxylic acids is 1. The predicted molar refractivity (Wildman–Crippen MR) is 100 cm³/mol. The van der Waals surface area contributed by atoms with Crippen LogP contribution in [0.15, 0.2) is 41.5 Å². The molecule has 0 saturated heterocycles. The second-order valence-electron chi connectivity index (χ2n) is 4.74. The number of nitrogens with zero attached hydrogens (tertiary/aromatic N) is 2. The maximum atomic E-state index is 12.0. The van der Waals surface area contributed by atoms with E-state index in [0.717, 1.165) is 3.57 Å². The smallest absolute Gasteiger partial charge is 0.271 e. The van der Waals surface area contributed by atoms with E-state index in [1.54, 1.807) is 13.2 Å². The van der Waals surface area contributed by atoms with E-state index in [2.05, 4.69) is 33.1 Å². The minimum atomic E-state index is -0.529. The van der Waals surface area contributed by atoms with Gasteiger partial charge in [0.15, 0.2) is 11.5 Å². The Hall–Kier alpha value is -2.69. The van der Waals surface area contributed by atoms with Crippen molar-refractivity contribution in [1.29, 1.82) is 0 Å². The summed E-state index contributed by atoms with van der Waals surface area (Å²) in [7, 11) is 3.09. The lowest BCUT2D eigenvalue weighted by Gasteiger charge is -2.10. The molecule has 2 aromatic rings. The van der Waals surface area contributed by atoms with Crippen LogP contribution in [-0.2, 0) is 0 Å². The van der Waals surface area contributed by atoms with Crippen LogP contribution < -0.4 is 14.9 Å². The third-order valence-electron chi connectivity index (χ3n) is 3.18. The van der Waals surface area contributed by atoms with E-state index in [-0.39, 0.29) is 11.3 Å². The lowest BCUT2D eigenvalue weighted by molar-refractivity contribution is -0.384. The quantitative estimate of drug-likeness (QED) is 0.312. The standard InChI is InChI=1S/C16H14IN3O5/c1-24-14-8-10(7-13(17)15(14)25-2)9-18-19-16(21)11-3-5-12(6-4-11)20(22)23/h3-9H,1-2H3,(H,19,21)/b18-9-. The Balaban J connectivity index is 2.08. The lowest BCUT2D eigenvalue weighted by atomic mass is 10.2. The van der Waals surface area contributed by atoms with Gasteiger partial charge in [0, 0.05) is 17.7 Å². The van der Waals surface area contributed by atoms with E-state index in [9.17, 15) is 14.9 Å². The van der Waals surface area contributed by atoms with Crippen LogP contribution in [0.5, 0.6) is 11.5 Å². The van der Waals surface area contributed by atoms with Crippen LogP contribution in [0.4, 0.5) is 5.69 Å². The first kappa shape index (κ1) is 18.6. The molecule has 1 N–H and O–H groups in total. The molecule has 0 radical (unpaired) electrons. The van der Waals surface area contributed by atoms with Crippen LogP contribution >= 0.6 is 22.6 Å². The van der Waals surface area contributed by atoms with Crippen LogP contribution in [0.2, 0.25) is 0 Å². The number of non-ortho nitro benzene ring substituents is 1. The molecule has 0 aliphatic carbocycles. The Morgan fingerprint density at radius 1 is 1.24 bits per heavy atom.